The highest BCUT2D eigenvalue weighted by atomic mass is 14.6. The molecule has 0 aliphatic rings. The normalized spacial score (nSPS) is 10.1. The lowest BCUT2D eigenvalue weighted by Crippen LogP contribution is -2.12. The Hall–Kier alpha value is -2.06. The summed E-state index contributed by atoms with van der Waals surface area (Å²) in [6.07, 6.45) is 1.82. The Bertz CT molecular complexity index is 438. The third kappa shape index (κ3) is 2.24. The van der Waals surface area contributed by atoms with E-state index in [0.29, 0.717) is 11.3 Å². The largest absolute Gasteiger partial charge is 0.238 e. The molecule has 0 bridgehead atoms. The molecule has 0 saturated carbocycles. The van der Waals surface area contributed by atoms with Crippen LogP contribution in [0.5, 0.6) is 0 Å². The molecule has 0 atom stereocenters. The Morgan fingerprint density at radius 3 is 2.60 bits per heavy atom. The van der Waals surface area contributed by atoms with Crippen LogP contribution in [-0.2, 0) is 5.41 Å². The molecular weight excluding hydrogens is 184 g/mol. The van der Waals surface area contributed by atoms with Crippen molar-refractivity contribution in [3.8, 4) is 6.07 Å². The zero-order valence-electron chi connectivity index (χ0n) is 8.91. The molecule has 0 saturated heterocycles. The molecule has 2 heteroatoms. The lowest BCUT2D eigenvalue weighted by molar-refractivity contribution is 0.672. The van der Waals surface area contributed by atoms with Gasteiger partial charge in [-0.25, -0.2) is 4.85 Å². The smallest absolute Gasteiger partial charge is 0.188 e. The van der Waals surface area contributed by atoms with Crippen LogP contribution in [0, 0.1) is 17.9 Å². The maximum Gasteiger partial charge on any atom is 0.188 e. The number of nitrogens with zero attached hydrogens (tertiary/aromatic N) is 2. The number of hydrogen-bond acceptors (Lipinski definition) is 1. The third-order valence-electron chi connectivity index (χ3n) is 2.43. The van der Waals surface area contributed by atoms with E-state index in [4.69, 9.17) is 11.8 Å². The van der Waals surface area contributed by atoms with Crippen LogP contribution in [0.2, 0.25) is 0 Å². The first-order valence-corrected chi connectivity index (χ1v) is 4.60. The van der Waals surface area contributed by atoms with Crippen LogP contribution in [0.15, 0.2) is 30.9 Å². The zero-order chi connectivity index (χ0) is 11.5. The maximum atomic E-state index is 8.84. The van der Waals surface area contributed by atoms with Crippen LogP contribution < -0.4 is 0 Å². The molecule has 1 aromatic carbocycles. The van der Waals surface area contributed by atoms with Crippen LogP contribution in [0.25, 0.3) is 4.85 Å². The van der Waals surface area contributed by atoms with E-state index >= 15 is 0 Å². The summed E-state index contributed by atoms with van der Waals surface area (Å²) in [5, 5.41) is 8.84. The van der Waals surface area contributed by atoms with Crippen molar-refractivity contribution in [1.82, 2.24) is 0 Å². The van der Waals surface area contributed by atoms with Gasteiger partial charge in [0.15, 0.2) is 5.69 Å². The van der Waals surface area contributed by atoms with E-state index in [2.05, 4.69) is 17.5 Å². The molecule has 2 nitrogen and oxygen atoms in total. The van der Waals surface area contributed by atoms with Crippen molar-refractivity contribution in [3.63, 3.8) is 0 Å². The molecule has 1 aromatic rings. The molecule has 0 N–H and O–H groups in total. The minimum Gasteiger partial charge on any atom is -0.238 e. The molecule has 0 amide bonds. The maximum absolute atomic E-state index is 8.84. The molecule has 1 rings (SSSR count). The average Bonchev–Trinajstić information content (AvgIpc) is 2.28. The molecule has 0 heterocycles. The summed E-state index contributed by atoms with van der Waals surface area (Å²) in [5.74, 6) is 0. The summed E-state index contributed by atoms with van der Waals surface area (Å²) in [5.41, 5.74) is 1.75. The molecule has 74 valence electrons. The van der Waals surface area contributed by atoms with E-state index in [1.54, 1.807) is 18.2 Å². The fraction of sp³-hybridized carbons (Fsp3) is 0.231. The molecule has 0 spiro atoms. The Morgan fingerprint density at radius 2 is 2.13 bits per heavy atom. The van der Waals surface area contributed by atoms with Crippen LogP contribution in [-0.4, -0.2) is 0 Å². The van der Waals surface area contributed by atoms with E-state index in [9.17, 15) is 0 Å². The second-order valence-electron chi connectivity index (χ2n) is 3.92. The number of rotatable bonds is 2. The van der Waals surface area contributed by atoms with Gasteiger partial charge in [0.25, 0.3) is 0 Å². The third-order valence-corrected chi connectivity index (χ3v) is 2.43. The minimum absolute atomic E-state index is 0.216. The van der Waals surface area contributed by atoms with Crippen LogP contribution in [0.4, 0.5) is 5.69 Å². The number of nitriles is 1. The fourth-order valence-electron chi connectivity index (χ4n) is 1.23. The van der Waals surface area contributed by atoms with E-state index in [0.717, 1.165) is 5.56 Å². The Labute approximate surface area is 90.3 Å². The molecule has 15 heavy (non-hydrogen) atoms. The molecule has 0 fully saturated rings. The van der Waals surface area contributed by atoms with Gasteiger partial charge in [0.05, 0.1) is 12.6 Å². The summed E-state index contributed by atoms with van der Waals surface area (Å²) in [6, 6.07) is 7.26. The van der Waals surface area contributed by atoms with Gasteiger partial charge in [-0.05, 0) is 17.7 Å². The van der Waals surface area contributed by atoms with Crippen molar-refractivity contribution in [2.24, 2.45) is 0 Å². The molecule has 0 radical (unpaired) electrons. The van der Waals surface area contributed by atoms with Crippen LogP contribution >= 0.6 is 0 Å². The lowest BCUT2D eigenvalue weighted by atomic mass is 9.84. The Kier molecular flexibility index (Phi) is 2.93. The van der Waals surface area contributed by atoms with Crippen molar-refractivity contribution in [2.75, 3.05) is 0 Å². The SMILES string of the molecule is [C-]#[N+]c1cc(C#N)cc(C(C)(C)C=C)c1. The first-order valence-electron chi connectivity index (χ1n) is 4.60. The first-order chi connectivity index (χ1) is 7.03. The van der Waals surface area contributed by atoms with Gasteiger partial charge < -0.3 is 0 Å². The van der Waals surface area contributed by atoms with Gasteiger partial charge in [0, 0.05) is 11.0 Å². The predicted molar refractivity (Wildman–Crippen MR) is 60.6 cm³/mol. The van der Waals surface area contributed by atoms with Crippen molar-refractivity contribution in [2.45, 2.75) is 19.3 Å². The van der Waals surface area contributed by atoms with Gasteiger partial charge in [-0.3, -0.25) is 0 Å². The zero-order valence-corrected chi connectivity index (χ0v) is 8.91. The standard InChI is InChI=1S/C13H12N2/c1-5-13(2,3)11-6-10(9-14)7-12(8-11)15-4/h5-8H,1H2,2-3H3. The highest BCUT2D eigenvalue weighted by molar-refractivity contribution is 5.54. The van der Waals surface area contributed by atoms with Gasteiger partial charge in [0.1, 0.15) is 0 Å². The van der Waals surface area contributed by atoms with Crippen molar-refractivity contribution >= 4 is 5.69 Å². The van der Waals surface area contributed by atoms with E-state index < -0.39 is 0 Å². The van der Waals surface area contributed by atoms with Gasteiger partial charge in [0.2, 0.25) is 0 Å². The van der Waals surface area contributed by atoms with Crippen molar-refractivity contribution < 1.29 is 0 Å². The summed E-state index contributed by atoms with van der Waals surface area (Å²) >= 11 is 0. The van der Waals surface area contributed by atoms with E-state index in [1.165, 1.54) is 0 Å². The Morgan fingerprint density at radius 1 is 1.47 bits per heavy atom. The number of benzene rings is 1. The highest BCUT2D eigenvalue weighted by Gasteiger charge is 2.17. The second-order valence-corrected chi connectivity index (χ2v) is 3.92. The predicted octanol–water partition coefficient (Wildman–Crippen LogP) is 3.57. The van der Waals surface area contributed by atoms with Crippen molar-refractivity contribution in [3.05, 3.63) is 53.4 Å². The number of hydrogen-bond donors (Lipinski definition) is 0. The molecule has 0 aliphatic heterocycles. The van der Waals surface area contributed by atoms with Crippen molar-refractivity contribution in [1.29, 1.82) is 5.26 Å². The molecular formula is C13H12N2. The van der Waals surface area contributed by atoms with Gasteiger partial charge in [-0.2, -0.15) is 5.26 Å². The summed E-state index contributed by atoms with van der Waals surface area (Å²) in [7, 11) is 0. The summed E-state index contributed by atoms with van der Waals surface area (Å²) < 4.78 is 0. The number of allylic oxidation sites excluding steroid dienone is 1. The van der Waals surface area contributed by atoms with Gasteiger partial charge in [-0.1, -0.05) is 26.0 Å². The monoisotopic (exact) mass is 196 g/mol. The first kappa shape index (κ1) is 11.0. The molecule has 0 unspecified atom stereocenters. The van der Waals surface area contributed by atoms with Crippen LogP contribution in [0.3, 0.4) is 0 Å². The Balaban J connectivity index is 3.40. The molecule has 0 aliphatic carbocycles. The topological polar surface area (TPSA) is 28.1 Å². The highest BCUT2D eigenvalue weighted by Crippen LogP contribution is 2.28. The van der Waals surface area contributed by atoms with E-state index in [1.807, 2.05) is 19.9 Å². The minimum atomic E-state index is -0.216. The quantitative estimate of drug-likeness (QED) is 0.525. The molecule has 0 aromatic heterocycles. The van der Waals surface area contributed by atoms with Gasteiger partial charge in [-0.15, -0.1) is 6.58 Å². The summed E-state index contributed by atoms with van der Waals surface area (Å²) in [6.45, 7) is 14.7. The van der Waals surface area contributed by atoms with E-state index in [-0.39, 0.29) is 5.41 Å². The summed E-state index contributed by atoms with van der Waals surface area (Å²) in [4.78, 5) is 3.35. The average molecular weight is 196 g/mol. The lowest BCUT2D eigenvalue weighted by Gasteiger charge is -2.20. The fourth-order valence-corrected chi connectivity index (χ4v) is 1.23. The van der Waals surface area contributed by atoms with Gasteiger partial charge >= 0.3 is 0 Å². The second kappa shape index (κ2) is 3.98. The van der Waals surface area contributed by atoms with Crippen LogP contribution in [0.1, 0.15) is 25.0 Å².